The molecule has 0 atom stereocenters. The number of aryl methyl sites for hydroxylation is 1. The van der Waals surface area contributed by atoms with Crippen LogP contribution in [0.15, 0.2) is 44.6 Å². The van der Waals surface area contributed by atoms with Crippen molar-refractivity contribution in [2.45, 2.75) is 13.8 Å². The predicted octanol–water partition coefficient (Wildman–Crippen LogP) is 2.46. The molecule has 1 heterocycles. The monoisotopic (exact) mass is 320 g/mol. The Morgan fingerprint density at radius 2 is 2.09 bits per heavy atom. The third kappa shape index (κ3) is 3.53. The van der Waals surface area contributed by atoms with Gasteiger partial charge in [-0.05, 0) is 32.0 Å². The average molecular weight is 321 g/mol. The van der Waals surface area contributed by atoms with Gasteiger partial charge in [-0.25, -0.2) is 10.2 Å². The van der Waals surface area contributed by atoms with Crippen molar-refractivity contribution in [3.05, 3.63) is 62.7 Å². The molecular weight excluding hydrogens is 308 g/mol. The number of hydrogen-bond acceptors (Lipinski definition) is 5. The van der Waals surface area contributed by atoms with Gasteiger partial charge in [-0.15, -0.1) is 0 Å². The summed E-state index contributed by atoms with van der Waals surface area (Å²) in [5.74, 6) is -0.466. The van der Waals surface area contributed by atoms with E-state index in [1.165, 1.54) is 26.0 Å². The van der Waals surface area contributed by atoms with E-state index in [1.54, 1.807) is 18.2 Å². The second-order valence-corrected chi connectivity index (χ2v) is 4.99. The van der Waals surface area contributed by atoms with E-state index < -0.39 is 11.5 Å². The molecule has 114 valence electrons. The van der Waals surface area contributed by atoms with Crippen molar-refractivity contribution in [2.24, 2.45) is 5.10 Å². The van der Waals surface area contributed by atoms with E-state index in [4.69, 9.17) is 16.0 Å². The number of amides is 1. The Kier molecular flexibility index (Phi) is 4.62. The summed E-state index contributed by atoms with van der Waals surface area (Å²) in [6.07, 6.45) is 0. The fourth-order valence-corrected chi connectivity index (χ4v) is 2.00. The number of nitrogens with zero attached hydrogens (tertiary/aromatic N) is 1. The number of benzene rings is 1. The Balaban J connectivity index is 2.24. The van der Waals surface area contributed by atoms with Crippen molar-refractivity contribution in [1.29, 1.82) is 0 Å². The lowest BCUT2D eigenvalue weighted by Gasteiger charge is -2.04. The molecule has 7 heteroatoms. The number of aromatic hydroxyl groups is 1. The molecule has 6 nitrogen and oxygen atoms in total. The number of hydrazone groups is 1. The van der Waals surface area contributed by atoms with Crippen molar-refractivity contribution in [2.75, 3.05) is 0 Å². The van der Waals surface area contributed by atoms with E-state index >= 15 is 0 Å². The molecule has 2 aromatic rings. The van der Waals surface area contributed by atoms with Crippen molar-refractivity contribution >= 4 is 23.2 Å². The van der Waals surface area contributed by atoms with Crippen LogP contribution < -0.4 is 11.1 Å². The summed E-state index contributed by atoms with van der Waals surface area (Å²) >= 11 is 5.80. The Morgan fingerprint density at radius 1 is 1.36 bits per heavy atom. The highest BCUT2D eigenvalue weighted by Crippen LogP contribution is 2.15. The van der Waals surface area contributed by atoms with Crippen molar-refractivity contribution in [1.82, 2.24) is 5.43 Å². The summed E-state index contributed by atoms with van der Waals surface area (Å²) in [4.78, 5) is 23.6. The fraction of sp³-hybridized carbons (Fsp3) is 0.133. The summed E-state index contributed by atoms with van der Waals surface area (Å²) in [7, 11) is 0. The normalized spacial score (nSPS) is 11.3. The lowest BCUT2D eigenvalue weighted by atomic mass is 10.2. The van der Waals surface area contributed by atoms with Crippen molar-refractivity contribution in [3.8, 4) is 5.75 Å². The summed E-state index contributed by atoms with van der Waals surface area (Å²) in [6, 6.07) is 7.63. The number of rotatable bonds is 3. The van der Waals surface area contributed by atoms with Gasteiger partial charge in [0.25, 0.3) is 5.91 Å². The molecule has 0 radical (unpaired) electrons. The topological polar surface area (TPSA) is 91.9 Å². The lowest BCUT2D eigenvalue weighted by molar-refractivity contribution is 0.0954. The van der Waals surface area contributed by atoms with E-state index in [2.05, 4.69) is 10.5 Å². The molecule has 0 aliphatic heterocycles. The molecule has 0 saturated heterocycles. The van der Waals surface area contributed by atoms with Crippen LogP contribution in [0.5, 0.6) is 5.75 Å². The standard InChI is InChI=1S/C15H13ClN2O4/c1-8-6-12(19)13(15(21)22-8)9(2)17-18-14(20)10-4-3-5-11(16)7-10/h3-7,19H,1-2H3,(H,18,20)/b17-9+. The van der Waals surface area contributed by atoms with Gasteiger partial charge in [0.1, 0.15) is 17.1 Å². The van der Waals surface area contributed by atoms with E-state index in [-0.39, 0.29) is 22.8 Å². The summed E-state index contributed by atoms with van der Waals surface area (Å²) < 4.78 is 4.89. The Labute approximate surface area is 131 Å². The SMILES string of the molecule is C/C(=N\NC(=O)c1cccc(Cl)c1)c1c(O)cc(C)oc1=O. The molecule has 0 aliphatic carbocycles. The second kappa shape index (κ2) is 6.44. The maximum atomic E-state index is 11.9. The molecule has 1 aromatic heterocycles. The van der Waals surface area contributed by atoms with Crippen LogP contribution >= 0.6 is 11.6 Å². The van der Waals surface area contributed by atoms with Crippen LogP contribution in [0.4, 0.5) is 0 Å². The first-order valence-electron chi connectivity index (χ1n) is 6.33. The minimum Gasteiger partial charge on any atom is -0.507 e. The Morgan fingerprint density at radius 3 is 2.73 bits per heavy atom. The summed E-state index contributed by atoms with van der Waals surface area (Å²) in [5.41, 5.74) is 1.92. The van der Waals surface area contributed by atoms with Gasteiger partial charge in [-0.3, -0.25) is 4.79 Å². The molecule has 2 rings (SSSR count). The van der Waals surface area contributed by atoms with Crippen molar-refractivity contribution < 1.29 is 14.3 Å². The van der Waals surface area contributed by atoms with E-state index in [0.29, 0.717) is 10.6 Å². The minimum atomic E-state index is -0.726. The zero-order chi connectivity index (χ0) is 16.3. The van der Waals surface area contributed by atoms with Crippen LogP contribution in [0.2, 0.25) is 5.02 Å². The van der Waals surface area contributed by atoms with Crippen LogP contribution in [0.25, 0.3) is 0 Å². The first-order chi connectivity index (χ1) is 10.4. The van der Waals surface area contributed by atoms with Gasteiger partial charge in [0.05, 0.1) is 5.71 Å². The molecule has 2 N–H and O–H groups in total. The van der Waals surface area contributed by atoms with E-state index in [9.17, 15) is 14.7 Å². The van der Waals surface area contributed by atoms with Gasteiger partial charge >= 0.3 is 5.63 Å². The van der Waals surface area contributed by atoms with E-state index in [0.717, 1.165) is 0 Å². The Bertz CT molecular complexity index is 811. The van der Waals surface area contributed by atoms with E-state index in [1.807, 2.05) is 0 Å². The summed E-state index contributed by atoms with van der Waals surface area (Å²) in [5, 5.41) is 14.0. The number of carbonyl (C=O) groups excluding carboxylic acids is 1. The third-order valence-corrected chi connectivity index (χ3v) is 3.06. The van der Waals surface area contributed by atoms with Gasteiger partial charge in [0, 0.05) is 16.7 Å². The predicted molar refractivity (Wildman–Crippen MR) is 82.5 cm³/mol. The molecule has 0 unspecified atom stereocenters. The average Bonchev–Trinajstić information content (AvgIpc) is 2.43. The summed E-state index contributed by atoms with van der Waals surface area (Å²) in [6.45, 7) is 3.01. The zero-order valence-corrected chi connectivity index (χ0v) is 12.6. The van der Waals surface area contributed by atoms with Gasteiger partial charge in [-0.1, -0.05) is 17.7 Å². The highest BCUT2D eigenvalue weighted by molar-refractivity contribution is 6.30. The van der Waals surface area contributed by atoms with Crippen LogP contribution in [0.1, 0.15) is 28.6 Å². The molecule has 0 fully saturated rings. The molecule has 0 saturated carbocycles. The lowest BCUT2D eigenvalue weighted by Crippen LogP contribution is -2.21. The van der Waals surface area contributed by atoms with Crippen LogP contribution in [-0.4, -0.2) is 16.7 Å². The zero-order valence-electron chi connectivity index (χ0n) is 11.9. The highest BCUT2D eigenvalue weighted by Gasteiger charge is 2.13. The first-order valence-corrected chi connectivity index (χ1v) is 6.70. The second-order valence-electron chi connectivity index (χ2n) is 4.55. The van der Waals surface area contributed by atoms with Gasteiger partial charge < -0.3 is 9.52 Å². The van der Waals surface area contributed by atoms with Crippen molar-refractivity contribution in [3.63, 3.8) is 0 Å². The minimum absolute atomic E-state index is 0.100. The molecule has 0 spiro atoms. The maximum Gasteiger partial charge on any atom is 0.348 e. The first kappa shape index (κ1) is 15.8. The van der Waals surface area contributed by atoms with Gasteiger partial charge in [0.2, 0.25) is 0 Å². The third-order valence-electron chi connectivity index (χ3n) is 2.83. The van der Waals surface area contributed by atoms with Gasteiger partial charge in [-0.2, -0.15) is 5.10 Å². The number of halogens is 1. The highest BCUT2D eigenvalue weighted by atomic mass is 35.5. The van der Waals surface area contributed by atoms with Crippen LogP contribution in [-0.2, 0) is 0 Å². The molecular formula is C15H13ClN2O4. The number of hydrogen-bond donors (Lipinski definition) is 2. The van der Waals surface area contributed by atoms with Crippen LogP contribution in [0.3, 0.4) is 0 Å². The molecule has 1 amide bonds. The number of nitrogens with one attached hydrogen (secondary N) is 1. The molecule has 1 aromatic carbocycles. The maximum absolute atomic E-state index is 11.9. The molecule has 0 aliphatic rings. The molecule has 0 bridgehead atoms. The number of carbonyl (C=O) groups is 1. The Hall–Kier alpha value is -2.60. The van der Waals surface area contributed by atoms with Crippen LogP contribution in [0, 0.1) is 6.92 Å². The van der Waals surface area contributed by atoms with Gasteiger partial charge in [0.15, 0.2) is 0 Å². The largest absolute Gasteiger partial charge is 0.507 e. The fourth-order valence-electron chi connectivity index (χ4n) is 1.81. The quantitative estimate of drug-likeness (QED) is 0.671. The smallest absolute Gasteiger partial charge is 0.348 e. The molecule has 22 heavy (non-hydrogen) atoms.